The molecule has 3 aromatic rings. The van der Waals surface area contributed by atoms with Crippen LogP contribution in [0.4, 0.5) is 17.1 Å². The van der Waals surface area contributed by atoms with Gasteiger partial charge in [-0.25, -0.2) is 4.98 Å². The molecule has 2 aromatic carbocycles. The summed E-state index contributed by atoms with van der Waals surface area (Å²) in [7, 11) is 0. The third-order valence-electron chi connectivity index (χ3n) is 4.92. The summed E-state index contributed by atoms with van der Waals surface area (Å²) in [5, 5.41) is 3.30. The van der Waals surface area contributed by atoms with E-state index in [9.17, 15) is 4.79 Å². The molecule has 0 radical (unpaired) electrons. The number of amides is 1. The van der Waals surface area contributed by atoms with Crippen molar-refractivity contribution in [3.8, 4) is 5.75 Å². The number of carbonyl (C=O) groups is 1. The Labute approximate surface area is 171 Å². The second-order valence-corrected chi connectivity index (χ2v) is 7.61. The molecule has 2 heterocycles. The second-order valence-electron chi connectivity index (χ2n) is 7.61. The molecular weight excluding hydrogens is 362 g/mol. The van der Waals surface area contributed by atoms with Crippen molar-refractivity contribution in [1.29, 1.82) is 0 Å². The van der Waals surface area contributed by atoms with E-state index in [0.717, 1.165) is 29.2 Å². The Kier molecular flexibility index (Phi) is 5.21. The van der Waals surface area contributed by atoms with Crippen molar-refractivity contribution in [3.63, 3.8) is 0 Å². The number of hydrogen-bond acceptors (Lipinski definition) is 4. The van der Waals surface area contributed by atoms with Crippen LogP contribution in [0.5, 0.6) is 5.75 Å². The molecule has 5 heteroatoms. The number of nitrogens with one attached hydrogen (secondary N) is 1. The fourth-order valence-electron chi connectivity index (χ4n) is 3.65. The molecule has 0 saturated heterocycles. The predicted molar refractivity (Wildman–Crippen MR) is 116 cm³/mol. The number of ether oxygens (including phenoxy) is 1. The highest BCUT2D eigenvalue weighted by Crippen LogP contribution is 2.33. The number of fused-ring (bicyclic) bond motifs is 1. The highest BCUT2D eigenvalue weighted by atomic mass is 16.5. The van der Waals surface area contributed by atoms with E-state index in [1.165, 1.54) is 5.56 Å². The van der Waals surface area contributed by atoms with Crippen LogP contribution in [0.1, 0.15) is 36.8 Å². The Bertz CT molecular complexity index is 997. The summed E-state index contributed by atoms with van der Waals surface area (Å²) in [5.41, 5.74) is 4.40. The number of para-hydroxylation sites is 1. The van der Waals surface area contributed by atoms with Gasteiger partial charge in [0.25, 0.3) is 5.91 Å². The van der Waals surface area contributed by atoms with E-state index in [0.29, 0.717) is 5.69 Å². The van der Waals surface area contributed by atoms with E-state index in [2.05, 4.69) is 23.3 Å². The monoisotopic (exact) mass is 387 g/mol. The van der Waals surface area contributed by atoms with Crippen LogP contribution in [0.2, 0.25) is 0 Å². The van der Waals surface area contributed by atoms with Gasteiger partial charge in [0.1, 0.15) is 11.4 Å². The van der Waals surface area contributed by atoms with Crippen molar-refractivity contribution >= 4 is 23.0 Å². The van der Waals surface area contributed by atoms with Crippen LogP contribution < -0.4 is 15.0 Å². The van der Waals surface area contributed by atoms with Crippen molar-refractivity contribution in [2.45, 2.75) is 39.3 Å². The van der Waals surface area contributed by atoms with E-state index in [1.807, 2.05) is 67.3 Å². The summed E-state index contributed by atoms with van der Waals surface area (Å²) in [5.74, 6) is 0.772. The SMILES string of the molecule is CC(C)Oc1ccc(Nc2ccc(C(=O)N3c4ccccc4CC3C)nc2)cc1. The lowest BCUT2D eigenvalue weighted by Crippen LogP contribution is -2.36. The molecule has 4 rings (SSSR count). The van der Waals surface area contributed by atoms with Crippen LogP contribution in [0, 0.1) is 0 Å². The fraction of sp³-hybridized carbons (Fsp3) is 0.250. The number of anilines is 3. The van der Waals surface area contributed by atoms with E-state index in [1.54, 1.807) is 12.3 Å². The predicted octanol–water partition coefficient (Wildman–Crippen LogP) is 5.20. The molecule has 29 heavy (non-hydrogen) atoms. The van der Waals surface area contributed by atoms with E-state index >= 15 is 0 Å². The first-order valence-electron chi connectivity index (χ1n) is 9.92. The normalized spacial score (nSPS) is 15.3. The molecule has 1 aliphatic rings. The maximum atomic E-state index is 13.0. The van der Waals surface area contributed by atoms with Crippen LogP contribution in [-0.4, -0.2) is 23.0 Å². The highest BCUT2D eigenvalue weighted by molar-refractivity contribution is 6.06. The van der Waals surface area contributed by atoms with Crippen LogP contribution in [-0.2, 0) is 6.42 Å². The molecule has 1 amide bonds. The van der Waals surface area contributed by atoms with E-state index in [4.69, 9.17) is 4.74 Å². The summed E-state index contributed by atoms with van der Waals surface area (Å²) < 4.78 is 5.66. The molecule has 0 fully saturated rings. The number of rotatable bonds is 5. The first kappa shape index (κ1) is 19.0. The van der Waals surface area contributed by atoms with E-state index in [-0.39, 0.29) is 18.1 Å². The standard InChI is InChI=1S/C24H25N3O2/c1-16(2)29-21-11-8-19(9-12-21)26-20-10-13-22(25-15-20)24(28)27-17(3)14-18-6-4-5-7-23(18)27/h4-13,15-17,26H,14H2,1-3H3. The quantitative estimate of drug-likeness (QED) is 0.653. The summed E-state index contributed by atoms with van der Waals surface area (Å²) >= 11 is 0. The number of nitrogens with zero attached hydrogens (tertiary/aromatic N) is 2. The zero-order valence-electron chi connectivity index (χ0n) is 16.9. The van der Waals surface area contributed by atoms with Gasteiger partial charge in [0.05, 0.1) is 18.0 Å². The van der Waals surface area contributed by atoms with Gasteiger partial charge in [-0.2, -0.15) is 0 Å². The van der Waals surface area contributed by atoms with Gasteiger partial charge in [0.15, 0.2) is 0 Å². The third-order valence-corrected chi connectivity index (χ3v) is 4.92. The molecule has 1 aliphatic heterocycles. The molecule has 1 aromatic heterocycles. The van der Waals surface area contributed by atoms with Gasteiger partial charge in [-0.15, -0.1) is 0 Å². The molecular formula is C24H25N3O2. The zero-order valence-corrected chi connectivity index (χ0v) is 16.9. The number of benzene rings is 2. The largest absolute Gasteiger partial charge is 0.491 e. The third kappa shape index (κ3) is 4.09. The van der Waals surface area contributed by atoms with Crippen molar-refractivity contribution in [3.05, 3.63) is 78.1 Å². The number of aromatic nitrogens is 1. The van der Waals surface area contributed by atoms with Gasteiger partial charge in [0, 0.05) is 17.4 Å². The average Bonchev–Trinajstić information content (AvgIpc) is 3.05. The minimum absolute atomic E-state index is 0.0656. The number of carbonyl (C=O) groups excluding carboxylic acids is 1. The maximum absolute atomic E-state index is 13.0. The lowest BCUT2D eigenvalue weighted by molar-refractivity contribution is 0.0976. The van der Waals surface area contributed by atoms with Crippen molar-refractivity contribution in [2.24, 2.45) is 0 Å². The maximum Gasteiger partial charge on any atom is 0.277 e. The van der Waals surface area contributed by atoms with Crippen LogP contribution in [0.25, 0.3) is 0 Å². The number of pyridine rings is 1. The van der Waals surface area contributed by atoms with Crippen LogP contribution >= 0.6 is 0 Å². The Hall–Kier alpha value is -3.34. The van der Waals surface area contributed by atoms with Crippen molar-refractivity contribution in [2.75, 3.05) is 10.2 Å². The number of hydrogen-bond donors (Lipinski definition) is 1. The van der Waals surface area contributed by atoms with Crippen molar-refractivity contribution in [1.82, 2.24) is 4.98 Å². The zero-order chi connectivity index (χ0) is 20.4. The molecule has 0 saturated carbocycles. The van der Waals surface area contributed by atoms with Gasteiger partial charge < -0.3 is 15.0 Å². The van der Waals surface area contributed by atoms with Gasteiger partial charge in [-0.1, -0.05) is 18.2 Å². The smallest absolute Gasteiger partial charge is 0.277 e. The summed E-state index contributed by atoms with van der Waals surface area (Å²) in [6.45, 7) is 6.07. The topological polar surface area (TPSA) is 54.5 Å². The van der Waals surface area contributed by atoms with Gasteiger partial charge in [-0.05, 0) is 75.2 Å². The molecule has 148 valence electrons. The summed E-state index contributed by atoms with van der Waals surface area (Å²) in [6, 6.07) is 19.6. The average molecular weight is 387 g/mol. The molecule has 0 aliphatic carbocycles. The van der Waals surface area contributed by atoms with Gasteiger partial charge in [0.2, 0.25) is 0 Å². The lowest BCUT2D eigenvalue weighted by atomic mass is 10.1. The Morgan fingerprint density at radius 2 is 1.79 bits per heavy atom. The summed E-state index contributed by atoms with van der Waals surface area (Å²) in [6.07, 6.45) is 2.71. The Balaban J connectivity index is 1.46. The molecule has 5 nitrogen and oxygen atoms in total. The minimum Gasteiger partial charge on any atom is -0.491 e. The van der Waals surface area contributed by atoms with Crippen molar-refractivity contribution < 1.29 is 9.53 Å². The van der Waals surface area contributed by atoms with Crippen LogP contribution in [0.3, 0.4) is 0 Å². The van der Waals surface area contributed by atoms with Crippen LogP contribution in [0.15, 0.2) is 66.9 Å². The van der Waals surface area contributed by atoms with Gasteiger partial charge in [-0.3, -0.25) is 4.79 Å². The summed E-state index contributed by atoms with van der Waals surface area (Å²) in [4.78, 5) is 19.3. The fourth-order valence-corrected chi connectivity index (χ4v) is 3.65. The van der Waals surface area contributed by atoms with Gasteiger partial charge >= 0.3 is 0 Å². The molecule has 1 atom stereocenters. The Morgan fingerprint density at radius 1 is 1.07 bits per heavy atom. The Morgan fingerprint density at radius 3 is 2.48 bits per heavy atom. The highest BCUT2D eigenvalue weighted by Gasteiger charge is 2.31. The first-order valence-corrected chi connectivity index (χ1v) is 9.92. The van der Waals surface area contributed by atoms with E-state index < -0.39 is 0 Å². The first-order chi connectivity index (χ1) is 14.0. The molecule has 0 spiro atoms. The minimum atomic E-state index is -0.0656. The molecule has 1 unspecified atom stereocenters. The molecule has 0 bridgehead atoms. The lowest BCUT2D eigenvalue weighted by Gasteiger charge is -2.22. The second kappa shape index (κ2) is 7.95. The molecule has 1 N–H and O–H groups in total.